The maximum atomic E-state index is 14.5. The molecule has 26 heavy (non-hydrogen) atoms. The van der Waals surface area contributed by atoms with Crippen molar-refractivity contribution in [2.75, 3.05) is 0 Å². The van der Waals surface area contributed by atoms with Crippen LogP contribution in [0, 0.1) is 12.7 Å². The van der Waals surface area contributed by atoms with Crippen LogP contribution in [0.1, 0.15) is 38.3 Å². The predicted octanol–water partition coefficient (Wildman–Crippen LogP) is 4.01. The van der Waals surface area contributed by atoms with Crippen LogP contribution in [0.2, 0.25) is 0 Å². The van der Waals surface area contributed by atoms with Crippen LogP contribution in [0.3, 0.4) is 0 Å². The van der Waals surface area contributed by atoms with Gasteiger partial charge in [-0.3, -0.25) is 5.10 Å². The zero-order valence-corrected chi connectivity index (χ0v) is 13.2. The minimum absolute atomic E-state index is 0.0977. The highest BCUT2D eigenvalue weighted by atomic mass is 19.3. The van der Waals surface area contributed by atoms with Gasteiger partial charge in [0.1, 0.15) is 5.82 Å². The zero-order chi connectivity index (χ0) is 19.2. The highest BCUT2D eigenvalue weighted by Crippen LogP contribution is 2.38. The molecule has 0 spiro atoms. The van der Waals surface area contributed by atoms with E-state index in [0.717, 1.165) is 12.1 Å². The molecule has 3 rings (SSSR count). The van der Waals surface area contributed by atoms with Crippen LogP contribution >= 0.6 is 0 Å². The second-order valence-corrected chi connectivity index (χ2v) is 5.61. The Morgan fingerprint density at radius 1 is 1.08 bits per heavy atom. The van der Waals surface area contributed by atoms with E-state index in [-0.39, 0.29) is 16.7 Å². The lowest BCUT2D eigenvalue weighted by Gasteiger charge is -2.17. The number of rotatable bonds is 4. The molecule has 0 aliphatic rings. The molecule has 0 aliphatic heterocycles. The monoisotopic (exact) mass is 364 g/mol. The Bertz CT molecular complexity index is 1060. The number of aromatic nitrogens is 2. The van der Waals surface area contributed by atoms with Crippen LogP contribution in [-0.4, -0.2) is 32.3 Å². The van der Waals surface area contributed by atoms with Gasteiger partial charge in [0.05, 0.1) is 22.8 Å². The number of hydrogen-bond donors (Lipinski definition) is 3. The van der Waals surface area contributed by atoms with Gasteiger partial charge in [-0.05, 0) is 30.2 Å². The highest BCUT2D eigenvalue weighted by molar-refractivity contribution is 6.04. The number of halogens is 3. The van der Waals surface area contributed by atoms with E-state index < -0.39 is 40.9 Å². The van der Waals surface area contributed by atoms with Gasteiger partial charge in [0.25, 0.3) is 6.43 Å². The first-order valence-electron chi connectivity index (χ1n) is 7.27. The van der Waals surface area contributed by atoms with Gasteiger partial charge >= 0.3 is 11.9 Å². The third-order valence-corrected chi connectivity index (χ3v) is 4.03. The molecule has 9 heteroatoms. The molecule has 134 valence electrons. The van der Waals surface area contributed by atoms with E-state index in [0.29, 0.717) is 10.9 Å². The number of benzene rings is 2. The fourth-order valence-corrected chi connectivity index (χ4v) is 2.96. The molecule has 0 aliphatic carbocycles. The van der Waals surface area contributed by atoms with Crippen LogP contribution in [-0.2, 0) is 0 Å². The predicted molar refractivity (Wildman–Crippen MR) is 85.1 cm³/mol. The lowest BCUT2D eigenvalue weighted by molar-refractivity contribution is 0.0673. The summed E-state index contributed by atoms with van der Waals surface area (Å²) in [4.78, 5) is 23.0. The van der Waals surface area contributed by atoms with Crippen LogP contribution in [0.4, 0.5) is 13.2 Å². The van der Waals surface area contributed by atoms with Crippen molar-refractivity contribution in [2.45, 2.75) is 13.3 Å². The van der Waals surface area contributed by atoms with E-state index >= 15 is 0 Å². The first kappa shape index (κ1) is 17.5. The summed E-state index contributed by atoms with van der Waals surface area (Å²) in [6.07, 6.45) is -2.00. The molecular weight excluding hydrogens is 353 g/mol. The quantitative estimate of drug-likeness (QED) is 0.649. The first-order chi connectivity index (χ1) is 12.2. The Kier molecular flexibility index (Phi) is 4.15. The molecule has 3 N–H and O–H groups in total. The Hall–Kier alpha value is -3.36. The molecule has 0 saturated heterocycles. The standard InChI is InChI=1S/C17H11F3N2O4/c1-6-2-9(8-3-7-5-21-22-11(7)4-10(8)18)13(17(25)26)14(15(19)20)12(6)16(23)24/h2-5,15H,1H3,(H,21,22)(H,23,24)(H,25,26). The Labute approximate surface area is 143 Å². The second kappa shape index (κ2) is 6.17. The second-order valence-electron chi connectivity index (χ2n) is 5.61. The average molecular weight is 364 g/mol. The molecule has 0 fully saturated rings. The Morgan fingerprint density at radius 3 is 2.31 bits per heavy atom. The molecule has 0 atom stereocenters. The van der Waals surface area contributed by atoms with Gasteiger partial charge in [0, 0.05) is 22.6 Å². The van der Waals surface area contributed by atoms with E-state index in [1.54, 1.807) is 0 Å². The van der Waals surface area contributed by atoms with E-state index in [1.165, 1.54) is 19.2 Å². The molecular formula is C17H11F3N2O4. The Morgan fingerprint density at radius 2 is 1.73 bits per heavy atom. The Balaban J connectivity index is 2.45. The molecule has 0 unspecified atom stereocenters. The topological polar surface area (TPSA) is 103 Å². The van der Waals surface area contributed by atoms with Crippen molar-refractivity contribution in [1.82, 2.24) is 10.2 Å². The van der Waals surface area contributed by atoms with E-state index in [4.69, 9.17) is 0 Å². The first-order valence-corrected chi connectivity index (χ1v) is 7.27. The largest absolute Gasteiger partial charge is 0.478 e. The van der Waals surface area contributed by atoms with Gasteiger partial charge in [-0.15, -0.1) is 0 Å². The van der Waals surface area contributed by atoms with Crippen molar-refractivity contribution in [3.63, 3.8) is 0 Å². The third kappa shape index (κ3) is 2.67. The van der Waals surface area contributed by atoms with E-state index in [9.17, 15) is 33.0 Å². The number of carboxylic acids is 2. The van der Waals surface area contributed by atoms with Crippen molar-refractivity contribution in [3.8, 4) is 11.1 Å². The summed E-state index contributed by atoms with van der Waals surface area (Å²) in [6, 6.07) is 3.42. The molecule has 0 radical (unpaired) electrons. The van der Waals surface area contributed by atoms with Crippen molar-refractivity contribution in [1.29, 1.82) is 0 Å². The van der Waals surface area contributed by atoms with Gasteiger partial charge in [0.15, 0.2) is 0 Å². The van der Waals surface area contributed by atoms with Crippen LogP contribution in [0.5, 0.6) is 0 Å². The number of carboxylic acid groups (broad SMARTS) is 2. The number of aromatic amines is 1. The summed E-state index contributed by atoms with van der Waals surface area (Å²) < 4.78 is 41.6. The van der Waals surface area contributed by atoms with Crippen molar-refractivity contribution in [2.24, 2.45) is 0 Å². The van der Waals surface area contributed by atoms with Gasteiger partial charge in [0.2, 0.25) is 0 Å². The van der Waals surface area contributed by atoms with E-state index in [2.05, 4.69) is 10.2 Å². The summed E-state index contributed by atoms with van der Waals surface area (Å²) in [7, 11) is 0. The van der Waals surface area contributed by atoms with Crippen LogP contribution in [0.15, 0.2) is 24.4 Å². The number of nitrogens with one attached hydrogen (secondary N) is 1. The molecule has 0 bridgehead atoms. The smallest absolute Gasteiger partial charge is 0.336 e. The maximum Gasteiger partial charge on any atom is 0.336 e. The molecule has 2 aromatic carbocycles. The lowest BCUT2D eigenvalue weighted by atomic mass is 9.88. The van der Waals surface area contributed by atoms with E-state index in [1.807, 2.05) is 0 Å². The number of aromatic carboxylic acids is 2. The fraction of sp³-hybridized carbons (Fsp3) is 0.118. The molecule has 6 nitrogen and oxygen atoms in total. The van der Waals surface area contributed by atoms with Crippen LogP contribution in [0.25, 0.3) is 22.0 Å². The lowest BCUT2D eigenvalue weighted by Crippen LogP contribution is -2.14. The van der Waals surface area contributed by atoms with Crippen molar-refractivity contribution in [3.05, 3.63) is 52.5 Å². The number of carbonyl (C=O) groups is 2. The molecule has 1 heterocycles. The fourth-order valence-electron chi connectivity index (χ4n) is 2.96. The summed E-state index contributed by atoms with van der Waals surface area (Å²) in [5, 5.41) is 25.4. The highest BCUT2D eigenvalue weighted by Gasteiger charge is 2.31. The molecule has 1 aromatic heterocycles. The number of fused-ring (bicyclic) bond motifs is 1. The normalized spacial score (nSPS) is 11.3. The van der Waals surface area contributed by atoms with Crippen molar-refractivity contribution < 1.29 is 33.0 Å². The van der Waals surface area contributed by atoms with Gasteiger partial charge in [-0.2, -0.15) is 5.10 Å². The number of aryl methyl sites for hydroxylation is 1. The number of nitrogens with zero attached hydrogens (tertiary/aromatic N) is 1. The minimum atomic E-state index is -3.37. The average Bonchev–Trinajstić information content (AvgIpc) is 2.99. The SMILES string of the molecule is Cc1cc(-c2cc3cn[nH]c3cc2F)c(C(=O)O)c(C(F)F)c1C(=O)O. The summed E-state index contributed by atoms with van der Waals surface area (Å²) >= 11 is 0. The molecule has 0 saturated carbocycles. The summed E-state index contributed by atoms with van der Waals surface area (Å²) in [5.74, 6) is -4.31. The maximum absolute atomic E-state index is 14.5. The van der Waals surface area contributed by atoms with Gasteiger partial charge < -0.3 is 10.2 Å². The van der Waals surface area contributed by atoms with Gasteiger partial charge in [-0.25, -0.2) is 22.8 Å². The number of hydrogen-bond acceptors (Lipinski definition) is 3. The molecule has 3 aromatic rings. The van der Waals surface area contributed by atoms with Crippen LogP contribution < -0.4 is 0 Å². The molecule has 0 amide bonds. The number of H-pyrrole nitrogens is 1. The van der Waals surface area contributed by atoms with Gasteiger partial charge in [-0.1, -0.05) is 0 Å². The minimum Gasteiger partial charge on any atom is -0.478 e. The zero-order valence-electron chi connectivity index (χ0n) is 13.2. The third-order valence-electron chi connectivity index (χ3n) is 4.03. The summed E-state index contributed by atoms with van der Waals surface area (Å²) in [5.41, 5.74) is -3.20. The number of alkyl halides is 2. The summed E-state index contributed by atoms with van der Waals surface area (Å²) in [6.45, 7) is 1.25. The van der Waals surface area contributed by atoms with Crippen molar-refractivity contribution >= 4 is 22.8 Å².